The van der Waals surface area contributed by atoms with Crippen LogP contribution in [0.1, 0.15) is 18.1 Å². The number of hydrogen-bond acceptors (Lipinski definition) is 6. The summed E-state index contributed by atoms with van der Waals surface area (Å²) in [5.74, 6) is 2.54. The third-order valence-electron chi connectivity index (χ3n) is 4.80. The van der Waals surface area contributed by atoms with Crippen LogP contribution in [0.4, 0.5) is 0 Å². The lowest BCUT2D eigenvalue weighted by molar-refractivity contribution is 0.0389. The highest BCUT2D eigenvalue weighted by molar-refractivity contribution is 5.79. The van der Waals surface area contributed by atoms with Crippen LogP contribution in [0.2, 0.25) is 0 Å². The number of nitrogens with zero attached hydrogens (tertiary/aromatic N) is 7. The molecule has 0 radical (unpaired) electrons. The normalized spacial score (nSPS) is 15.7. The summed E-state index contributed by atoms with van der Waals surface area (Å²) in [7, 11) is 1.96. The van der Waals surface area contributed by atoms with Crippen LogP contribution in [-0.4, -0.2) is 81.3 Å². The first-order valence-electron chi connectivity index (χ1n) is 9.87. The number of aliphatic imine (C=N–C) groups is 1. The molecular formula is C18H31N9O. The number of morpholine rings is 1. The van der Waals surface area contributed by atoms with Crippen LogP contribution >= 0.6 is 0 Å². The Kier molecular flexibility index (Phi) is 7.80. The van der Waals surface area contributed by atoms with Gasteiger partial charge < -0.3 is 19.9 Å². The molecule has 0 amide bonds. The summed E-state index contributed by atoms with van der Waals surface area (Å²) in [6.45, 7) is 9.55. The fourth-order valence-electron chi connectivity index (χ4n) is 2.95. The van der Waals surface area contributed by atoms with Crippen molar-refractivity contribution < 1.29 is 4.74 Å². The van der Waals surface area contributed by atoms with Gasteiger partial charge in [-0.25, -0.2) is 4.99 Å². The van der Waals surface area contributed by atoms with Gasteiger partial charge in [0.25, 0.3) is 0 Å². The molecule has 0 bridgehead atoms. The van der Waals surface area contributed by atoms with Crippen molar-refractivity contribution in [3.63, 3.8) is 0 Å². The van der Waals surface area contributed by atoms with E-state index in [1.54, 1.807) is 6.20 Å². The number of aryl methyl sites for hydroxylation is 2. The Hall–Kier alpha value is -2.46. The lowest BCUT2D eigenvalue weighted by atomic mass is 10.4. The fourth-order valence-corrected chi connectivity index (χ4v) is 2.95. The molecule has 1 aliphatic heterocycles. The predicted octanol–water partition coefficient (Wildman–Crippen LogP) is -0.222. The van der Waals surface area contributed by atoms with Crippen molar-refractivity contribution in [1.82, 2.24) is 40.1 Å². The Morgan fingerprint density at radius 1 is 1.18 bits per heavy atom. The van der Waals surface area contributed by atoms with Crippen LogP contribution in [0.25, 0.3) is 0 Å². The van der Waals surface area contributed by atoms with Crippen molar-refractivity contribution in [2.45, 2.75) is 26.4 Å². The summed E-state index contributed by atoms with van der Waals surface area (Å²) in [6.07, 6.45) is 4.75. The van der Waals surface area contributed by atoms with Crippen molar-refractivity contribution in [2.24, 2.45) is 12.0 Å². The van der Waals surface area contributed by atoms with Crippen molar-refractivity contribution in [3.8, 4) is 0 Å². The van der Waals surface area contributed by atoms with Crippen LogP contribution in [-0.2, 0) is 24.9 Å². The summed E-state index contributed by atoms with van der Waals surface area (Å²) < 4.78 is 9.31. The molecule has 3 rings (SSSR count). The quantitative estimate of drug-likeness (QED) is 0.348. The maximum absolute atomic E-state index is 5.40. The molecule has 0 atom stereocenters. The number of rotatable bonds is 9. The molecule has 1 fully saturated rings. The van der Waals surface area contributed by atoms with Crippen LogP contribution < -0.4 is 10.6 Å². The summed E-state index contributed by atoms with van der Waals surface area (Å²) in [4.78, 5) is 7.09. The van der Waals surface area contributed by atoms with Crippen molar-refractivity contribution in [1.29, 1.82) is 0 Å². The van der Waals surface area contributed by atoms with E-state index in [1.807, 2.05) is 35.5 Å². The standard InChI is InChI=1S/C18H31N9O/c1-16-23-24-17(25(16)2)15-21-18(19-5-3-8-27-9-4-6-22-27)20-7-10-26-11-13-28-14-12-26/h4,6,9H,3,5,7-8,10-15H2,1-2H3,(H2,19,20,21). The minimum Gasteiger partial charge on any atom is -0.379 e. The van der Waals surface area contributed by atoms with Crippen LogP contribution in [0.15, 0.2) is 23.5 Å². The van der Waals surface area contributed by atoms with E-state index >= 15 is 0 Å². The summed E-state index contributed by atoms with van der Waals surface area (Å²) in [6, 6.07) is 1.94. The lowest BCUT2D eigenvalue weighted by Gasteiger charge is -2.26. The van der Waals surface area contributed by atoms with E-state index in [-0.39, 0.29) is 0 Å². The third kappa shape index (κ3) is 6.31. The average Bonchev–Trinajstić information content (AvgIpc) is 3.34. The summed E-state index contributed by atoms with van der Waals surface area (Å²) in [5, 5.41) is 19.4. The molecule has 1 saturated heterocycles. The van der Waals surface area contributed by atoms with Gasteiger partial charge in [-0.1, -0.05) is 0 Å². The molecule has 28 heavy (non-hydrogen) atoms. The zero-order valence-electron chi connectivity index (χ0n) is 16.8. The van der Waals surface area contributed by atoms with Crippen LogP contribution in [0, 0.1) is 6.92 Å². The van der Waals surface area contributed by atoms with Gasteiger partial charge >= 0.3 is 0 Å². The molecule has 3 heterocycles. The predicted molar refractivity (Wildman–Crippen MR) is 107 cm³/mol. The molecule has 0 spiro atoms. The van der Waals surface area contributed by atoms with Gasteiger partial charge in [0, 0.05) is 58.7 Å². The molecule has 0 aliphatic carbocycles. The zero-order chi connectivity index (χ0) is 19.6. The highest BCUT2D eigenvalue weighted by atomic mass is 16.5. The fraction of sp³-hybridized carbons (Fsp3) is 0.667. The molecule has 1 aliphatic rings. The minimum absolute atomic E-state index is 0.489. The number of aromatic nitrogens is 5. The number of hydrogen-bond donors (Lipinski definition) is 2. The molecule has 10 nitrogen and oxygen atoms in total. The van der Waals surface area contributed by atoms with E-state index in [0.717, 1.165) is 76.5 Å². The van der Waals surface area contributed by atoms with Gasteiger partial charge in [0.15, 0.2) is 11.8 Å². The van der Waals surface area contributed by atoms with E-state index in [9.17, 15) is 0 Å². The third-order valence-corrected chi connectivity index (χ3v) is 4.80. The topological polar surface area (TPSA) is 97.4 Å². The van der Waals surface area contributed by atoms with Gasteiger partial charge in [0.2, 0.25) is 0 Å². The van der Waals surface area contributed by atoms with Crippen molar-refractivity contribution in [3.05, 3.63) is 30.1 Å². The van der Waals surface area contributed by atoms with Crippen molar-refractivity contribution in [2.75, 3.05) is 45.9 Å². The molecule has 2 aromatic heterocycles. The molecule has 0 unspecified atom stereocenters. The summed E-state index contributed by atoms with van der Waals surface area (Å²) in [5.41, 5.74) is 0. The van der Waals surface area contributed by atoms with Gasteiger partial charge in [-0.3, -0.25) is 9.58 Å². The highest BCUT2D eigenvalue weighted by Crippen LogP contribution is 1.99. The van der Waals surface area contributed by atoms with E-state index in [0.29, 0.717) is 6.54 Å². The lowest BCUT2D eigenvalue weighted by Crippen LogP contribution is -2.44. The van der Waals surface area contributed by atoms with Crippen LogP contribution in [0.3, 0.4) is 0 Å². The second-order valence-electron chi connectivity index (χ2n) is 6.82. The number of guanidine groups is 1. The van der Waals surface area contributed by atoms with Gasteiger partial charge in [-0.15, -0.1) is 10.2 Å². The van der Waals surface area contributed by atoms with Gasteiger partial charge in [0.05, 0.1) is 13.2 Å². The molecule has 0 saturated carbocycles. The Morgan fingerprint density at radius 3 is 2.71 bits per heavy atom. The monoisotopic (exact) mass is 389 g/mol. The average molecular weight is 390 g/mol. The molecule has 2 aromatic rings. The second-order valence-corrected chi connectivity index (χ2v) is 6.82. The van der Waals surface area contributed by atoms with Gasteiger partial charge in [0.1, 0.15) is 12.4 Å². The first-order chi connectivity index (χ1) is 13.7. The smallest absolute Gasteiger partial charge is 0.191 e. The highest BCUT2D eigenvalue weighted by Gasteiger charge is 2.10. The van der Waals surface area contributed by atoms with E-state index < -0.39 is 0 Å². The first kappa shape index (κ1) is 20.3. The minimum atomic E-state index is 0.489. The van der Waals surface area contributed by atoms with Crippen LogP contribution in [0.5, 0.6) is 0 Å². The van der Waals surface area contributed by atoms with Crippen molar-refractivity contribution >= 4 is 5.96 Å². The molecule has 2 N–H and O–H groups in total. The van der Waals surface area contributed by atoms with E-state index in [4.69, 9.17) is 9.73 Å². The van der Waals surface area contributed by atoms with Gasteiger partial charge in [-0.05, 0) is 19.4 Å². The molecule has 0 aromatic carbocycles. The summed E-state index contributed by atoms with van der Waals surface area (Å²) >= 11 is 0. The largest absolute Gasteiger partial charge is 0.379 e. The molecule has 154 valence electrons. The Labute approximate surface area is 166 Å². The second kappa shape index (κ2) is 10.8. The SMILES string of the molecule is Cc1nnc(CN=C(NCCCn2cccn2)NCCN2CCOCC2)n1C. The Balaban J connectivity index is 1.48. The number of nitrogens with one attached hydrogen (secondary N) is 2. The molecule has 10 heteroatoms. The molecular weight excluding hydrogens is 358 g/mol. The zero-order valence-corrected chi connectivity index (χ0v) is 16.8. The van der Waals surface area contributed by atoms with Gasteiger partial charge in [-0.2, -0.15) is 5.10 Å². The Morgan fingerprint density at radius 2 is 2.00 bits per heavy atom. The maximum atomic E-state index is 5.40. The maximum Gasteiger partial charge on any atom is 0.191 e. The van der Waals surface area contributed by atoms with E-state index in [1.165, 1.54) is 0 Å². The first-order valence-corrected chi connectivity index (χ1v) is 9.87. The Bertz CT molecular complexity index is 720. The van der Waals surface area contributed by atoms with E-state index in [2.05, 4.69) is 30.8 Å². The number of ether oxygens (including phenoxy) is 1.